The van der Waals surface area contributed by atoms with Gasteiger partial charge in [-0.15, -0.1) is 0 Å². The summed E-state index contributed by atoms with van der Waals surface area (Å²) in [5, 5.41) is 0. The van der Waals surface area contributed by atoms with E-state index in [-0.39, 0.29) is 11.6 Å². The molecule has 0 spiro atoms. The molecule has 194 valence electrons. The summed E-state index contributed by atoms with van der Waals surface area (Å²) in [7, 11) is 0. The summed E-state index contributed by atoms with van der Waals surface area (Å²) < 4.78 is 25.7. The van der Waals surface area contributed by atoms with Crippen LogP contribution in [0, 0.1) is 17.7 Å². The van der Waals surface area contributed by atoms with Crippen LogP contribution in [0.5, 0.6) is 11.5 Å². The van der Waals surface area contributed by atoms with Crippen molar-refractivity contribution in [3.05, 3.63) is 72.1 Å². The van der Waals surface area contributed by atoms with Crippen molar-refractivity contribution in [1.29, 1.82) is 0 Å². The summed E-state index contributed by atoms with van der Waals surface area (Å²) in [5.74, 6) is 2.42. The lowest BCUT2D eigenvalue weighted by molar-refractivity contribution is -0.927. The van der Waals surface area contributed by atoms with E-state index in [1.165, 1.54) is 24.0 Å². The number of hydrogen-bond donors (Lipinski definition) is 1. The third kappa shape index (κ3) is 5.52. The molecule has 0 amide bonds. The second-order valence-corrected chi connectivity index (χ2v) is 10.1. The van der Waals surface area contributed by atoms with Crippen molar-refractivity contribution in [3.63, 3.8) is 0 Å². The molecular formula is C30H35FN3O3+. The fraction of sp³-hybridized carbons (Fsp3) is 0.433. The van der Waals surface area contributed by atoms with Crippen molar-refractivity contribution in [2.45, 2.75) is 52.1 Å². The minimum Gasteiger partial charge on any atom is -0.493 e. The van der Waals surface area contributed by atoms with Gasteiger partial charge in [0.25, 0.3) is 0 Å². The number of fused-ring (bicyclic) bond motifs is 1. The number of halogens is 1. The number of likely N-dealkylation sites (tertiary alicyclic amines) is 1. The van der Waals surface area contributed by atoms with E-state index in [2.05, 4.69) is 22.1 Å². The Morgan fingerprint density at radius 3 is 2.32 bits per heavy atom. The first-order chi connectivity index (χ1) is 18.1. The first kappa shape index (κ1) is 25.3. The highest BCUT2D eigenvalue weighted by Crippen LogP contribution is 2.41. The van der Waals surface area contributed by atoms with E-state index in [9.17, 15) is 9.18 Å². The maximum Gasteiger partial charge on any atom is 0.166 e. The zero-order valence-electron chi connectivity index (χ0n) is 21.6. The monoisotopic (exact) mass is 504 g/mol. The number of nitrogens with one attached hydrogen (secondary N) is 1. The normalized spacial score (nSPS) is 22.6. The third-order valence-corrected chi connectivity index (χ3v) is 7.91. The molecule has 2 aliphatic rings. The molecule has 0 radical (unpaired) electrons. The van der Waals surface area contributed by atoms with Gasteiger partial charge in [0.15, 0.2) is 5.78 Å². The fourth-order valence-corrected chi connectivity index (χ4v) is 6.35. The molecule has 1 aliphatic carbocycles. The van der Waals surface area contributed by atoms with Gasteiger partial charge >= 0.3 is 0 Å². The molecule has 7 heteroatoms. The summed E-state index contributed by atoms with van der Waals surface area (Å²) in [6.07, 6.45) is 8.67. The standard InChI is InChI=1S/C30H34FN3O3/c1-3-36-28-13-20(14-29(37-4-2)30(28)21-5-8-24(31)9-6-21)18-34-12-11-25-22(7-10-26(25)34)15-27(35)23-16-32-19-33-17-23/h5-6,8-9,13-14,16-17,19,22,25-26H,3-4,7,10-12,15,18H2,1-2H3/p+1/t22?,25-,26+/m0/s1. The van der Waals surface area contributed by atoms with E-state index >= 15 is 0 Å². The molecule has 0 bridgehead atoms. The SMILES string of the molecule is CCOc1cc(C[NH+]2CC[C@H]3C(CC(=O)c4cncnc4)CC[C@H]32)cc(OCC)c1-c1ccc(F)cc1. The van der Waals surface area contributed by atoms with Crippen LogP contribution < -0.4 is 14.4 Å². The van der Waals surface area contributed by atoms with Crippen LogP contribution in [0.4, 0.5) is 4.39 Å². The molecule has 1 N–H and O–H groups in total. The van der Waals surface area contributed by atoms with Crippen LogP contribution in [0.15, 0.2) is 55.1 Å². The van der Waals surface area contributed by atoms with Gasteiger partial charge in [0.2, 0.25) is 0 Å². The second kappa shape index (κ2) is 11.4. The second-order valence-electron chi connectivity index (χ2n) is 10.1. The van der Waals surface area contributed by atoms with Crippen LogP contribution >= 0.6 is 0 Å². The van der Waals surface area contributed by atoms with E-state index < -0.39 is 0 Å². The summed E-state index contributed by atoms with van der Waals surface area (Å²) in [4.78, 5) is 22.4. The van der Waals surface area contributed by atoms with Crippen LogP contribution in [0.1, 0.15) is 55.5 Å². The topological polar surface area (TPSA) is 65.8 Å². The average Bonchev–Trinajstić information content (AvgIpc) is 3.49. The van der Waals surface area contributed by atoms with Gasteiger partial charge in [-0.3, -0.25) is 4.79 Å². The van der Waals surface area contributed by atoms with Crippen molar-refractivity contribution in [1.82, 2.24) is 9.97 Å². The summed E-state index contributed by atoms with van der Waals surface area (Å²) in [6.45, 7) is 7.00. The van der Waals surface area contributed by atoms with E-state index in [0.29, 0.717) is 43.1 Å². The van der Waals surface area contributed by atoms with Gasteiger partial charge in [0.1, 0.15) is 30.2 Å². The molecule has 4 atom stereocenters. The number of carbonyl (C=O) groups excluding carboxylic acids is 1. The summed E-state index contributed by atoms with van der Waals surface area (Å²) in [6, 6.07) is 11.3. The number of quaternary nitrogens is 1. The van der Waals surface area contributed by atoms with Gasteiger partial charge in [-0.1, -0.05) is 12.1 Å². The summed E-state index contributed by atoms with van der Waals surface area (Å²) >= 11 is 0. The number of ether oxygens (including phenoxy) is 2. The Morgan fingerprint density at radius 2 is 1.68 bits per heavy atom. The molecule has 1 saturated heterocycles. The van der Waals surface area contributed by atoms with Crippen molar-refractivity contribution in [2.24, 2.45) is 11.8 Å². The van der Waals surface area contributed by atoms with Gasteiger partial charge in [-0.2, -0.15) is 0 Å². The Labute approximate surface area is 217 Å². The van der Waals surface area contributed by atoms with Crippen LogP contribution in [0.3, 0.4) is 0 Å². The van der Waals surface area contributed by atoms with Crippen LogP contribution in [-0.4, -0.2) is 41.6 Å². The zero-order chi connectivity index (χ0) is 25.8. The molecule has 2 unspecified atom stereocenters. The summed E-state index contributed by atoms with van der Waals surface area (Å²) in [5.41, 5.74) is 3.53. The van der Waals surface area contributed by atoms with Gasteiger partial charge in [0, 0.05) is 36.7 Å². The number of benzene rings is 2. The smallest absolute Gasteiger partial charge is 0.166 e. The lowest BCUT2D eigenvalue weighted by atomic mass is 9.88. The molecule has 1 aliphatic heterocycles. The van der Waals surface area contributed by atoms with Crippen LogP contribution in [0.25, 0.3) is 11.1 Å². The molecule has 37 heavy (non-hydrogen) atoms. The predicted octanol–water partition coefficient (Wildman–Crippen LogP) is 4.54. The zero-order valence-corrected chi connectivity index (χ0v) is 21.6. The Bertz CT molecular complexity index is 1190. The van der Waals surface area contributed by atoms with Crippen molar-refractivity contribution in [2.75, 3.05) is 19.8 Å². The first-order valence-corrected chi connectivity index (χ1v) is 13.4. The minimum absolute atomic E-state index is 0.152. The lowest BCUT2D eigenvalue weighted by Gasteiger charge is -2.23. The van der Waals surface area contributed by atoms with E-state index in [1.54, 1.807) is 29.4 Å². The highest BCUT2D eigenvalue weighted by Gasteiger charge is 2.47. The number of hydrogen-bond acceptors (Lipinski definition) is 5. The molecule has 5 rings (SSSR count). The largest absolute Gasteiger partial charge is 0.493 e. The molecule has 2 fully saturated rings. The van der Waals surface area contributed by atoms with E-state index in [0.717, 1.165) is 55.0 Å². The number of ketones is 1. The predicted molar refractivity (Wildman–Crippen MR) is 139 cm³/mol. The van der Waals surface area contributed by atoms with E-state index in [1.807, 2.05) is 13.8 Å². The van der Waals surface area contributed by atoms with Crippen molar-refractivity contribution in [3.8, 4) is 22.6 Å². The lowest BCUT2D eigenvalue weighted by Crippen LogP contribution is -3.12. The molecule has 3 aromatic rings. The average molecular weight is 505 g/mol. The molecule has 6 nitrogen and oxygen atoms in total. The number of aromatic nitrogens is 2. The van der Waals surface area contributed by atoms with Gasteiger partial charge in [0.05, 0.1) is 36.9 Å². The fourth-order valence-electron chi connectivity index (χ4n) is 6.35. The van der Waals surface area contributed by atoms with Gasteiger partial charge in [-0.05, 0) is 62.4 Å². The highest BCUT2D eigenvalue weighted by atomic mass is 19.1. The number of nitrogens with zero attached hydrogens (tertiary/aromatic N) is 2. The molecule has 2 heterocycles. The number of carbonyl (C=O) groups is 1. The van der Waals surface area contributed by atoms with E-state index in [4.69, 9.17) is 9.47 Å². The molecular weight excluding hydrogens is 469 g/mol. The molecule has 1 saturated carbocycles. The van der Waals surface area contributed by atoms with Crippen molar-refractivity contribution < 1.29 is 23.6 Å². The maximum absolute atomic E-state index is 13.6. The molecule has 2 aromatic carbocycles. The highest BCUT2D eigenvalue weighted by molar-refractivity contribution is 5.95. The van der Waals surface area contributed by atoms with Gasteiger partial charge < -0.3 is 14.4 Å². The van der Waals surface area contributed by atoms with Gasteiger partial charge in [-0.25, -0.2) is 14.4 Å². The Kier molecular flexibility index (Phi) is 7.79. The quantitative estimate of drug-likeness (QED) is 0.411. The Morgan fingerprint density at radius 1 is 1.00 bits per heavy atom. The Balaban J connectivity index is 1.34. The number of rotatable bonds is 10. The minimum atomic E-state index is -0.267. The van der Waals surface area contributed by atoms with Crippen LogP contribution in [-0.2, 0) is 6.54 Å². The maximum atomic E-state index is 13.6. The first-order valence-electron chi connectivity index (χ1n) is 13.4. The molecule has 1 aromatic heterocycles. The van der Waals surface area contributed by atoms with Crippen LogP contribution in [0.2, 0.25) is 0 Å². The third-order valence-electron chi connectivity index (χ3n) is 7.91. The number of Topliss-reactive ketones (excluding diaryl/α,β-unsaturated/α-hetero) is 1. The Hall–Kier alpha value is -3.32. The van der Waals surface area contributed by atoms with Crippen molar-refractivity contribution >= 4 is 5.78 Å².